The third-order valence-electron chi connectivity index (χ3n) is 2.90. The minimum Gasteiger partial charge on any atom is -0.397 e. The number of benzene rings is 2. The molecule has 0 aliphatic carbocycles. The maximum atomic E-state index is 8.93. The highest BCUT2D eigenvalue weighted by atomic mass is 79.9. The lowest BCUT2D eigenvalue weighted by Gasteiger charge is -2.13. The Kier molecular flexibility index (Phi) is 4.08. The van der Waals surface area contributed by atoms with Crippen LogP contribution in [0.2, 0.25) is 0 Å². The molecule has 0 saturated carbocycles. The molecular formula is C15H14BrN3. The van der Waals surface area contributed by atoms with Crippen molar-refractivity contribution in [1.82, 2.24) is 0 Å². The van der Waals surface area contributed by atoms with E-state index in [4.69, 9.17) is 11.0 Å². The number of nitriles is 1. The molecule has 0 aromatic heterocycles. The van der Waals surface area contributed by atoms with Crippen LogP contribution in [0.4, 0.5) is 17.1 Å². The minimum absolute atomic E-state index is 0.590. The van der Waals surface area contributed by atoms with E-state index in [1.807, 2.05) is 12.1 Å². The molecule has 3 N–H and O–H groups in total. The molecule has 0 heterocycles. The van der Waals surface area contributed by atoms with Gasteiger partial charge in [-0.15, -0.1) is 0 Å². The van der Waals surface area contributed by atoms with Crippen LogP contribution in [0.15, 0.2) is 40.9 Å². The Morgan fingerprint density at radius 1 is 1.21 bits per heavy atom. The van der Waals surface area contributed by atoms with Crippen LogP contribution in [0.3, 0.4) is 0 Å². The molecule has 0 radical (unpaired) electrons. The Labute approximate surface area is 121 Å². The van der Waals surface area contributed by atoms with Crippen molar-refractivity contribution in [2.75, 3.05) is 11.1 Å². The van der Waals surface area contributed by atoms with E-state index < -0.39 is 0 Å². The zero-order chi connectivity index (χ0) is 13.8. The van der Waals surface area contributed by atoms with E-state index >= 15 is 0 Å². The van der Waals surface area contributed by atoms with Crippen LogP contribution in [0, 0.1) is 11.3 Å². The van der Waals surface area contributed by atoms with Gasteiger partial charge in [-0.2, -0.15) is 5.26 Å². The fourth-order valence-corrected chi connectivity index (χ4v) is 2.26. The van der Waals surface area contributed by atoms with Gasteiger partial charge >= 0.3 is 0 Å². The summed E-state index contributed by atoms with van der Waals surface area (Å²) in [6.07, 6.45) is 0.916. The largest absolute Gasteiger partial charge is 0.397 e. The third kappa shape index (κ3) is 3.07. The SMILES string of the molecule is CCc1cc(Br)ccc1Nc1cc(C#N)ccc1N. The van der Waals surface area contributed by atoms with Crippen LogP contribution in [0.5, 0.6) is 0 Å². The van der Waals surface area contributed by atoms with Crippen molar-refractivity contribution in [3.63, 3.8) is 0 Å². The summed E-state index contributed by atoms with van der Waals surface area (Å²) in [6, 6.07) is 13.4. The van der Waals surface area contributed by atoms with Crippen LogP contribution >= 0.6 is 15.9 Å². The predicted octanol–water partition coefficient (Wildman–Crippen LogP) is 4.21. The van der Waals surface area contributed by atoms with Crippen LogP contribution in [-0.2, 0) is 6.42 Å². The first-order chi connectivity index (χ1) is 9.13. The second kappa shape index (κ2) is 5.77. The van der Waals surface area contributed by atoms with Gasteiger partial charge in [0, 0.05) is 10.2 Å². The highest BCUT2D eigenvalue weighted by Gasteiger charge is 2.05. The van der Waals surface area contributed by atoms with Gasteiger partial charge in [-0.3, -0.25) is 0 Å². The van der Waals surface area contributed by atoms with Crippen LogP contribution < -0.4 is 11.1 Å². The first-order valence-corrected chi connectivity index (χ1v) is 6.78. The van der Waals surface area contributed by atoms with Gasteiger partial charge < -0.3 is 11.1 Å². The Morgan fingerprint density at radius 2 is 2.00 bits per heavy atom. The van der Waals surface area contributed by atoms with Crippen molar-refractivity contribution in [2.45, 2.75) is 13.3 Å². The first-order valence-electron chi connectivity index (χ1n) is 5.99. The normalized spacial score (nSPS) is 9.95. The van der Waals surface area contributed by atoms with E-state index in [1.54, 1.807) is 18.2 Å². The van der Waals surface area contributed by atoms with Gasteiger partial charge in [0.15, 0.2) is 0 Å². The number of nitrogen functional groups attached to an aromatic ring is 1. The molecule has 0 fully saturated rings. The van der Waals surface area contributed by atoms with Gasteiger partial charge in [0.2, 0.25) is 0 Å². The topological polar surface area (TPSA) is 61.8 Å². The van der Waals surface area contributed by atoms with Gasteiger partial charge in [0.25, 0.3) is 0 Å². The number of hydrogen-bond acceptors (Lipinski definition) is 3. The fraction of sp³-hybridized carbons (Fsp3) is 0.133. The van der Waals surface area contributed by atoms with Gasteiger partial charge in [-0.05, 0) is 48.4 Å². The quantitative estimate of drug-likeness (QED) is 0.834. The predicted molar refractivity (Wildman–Crippen MR) is 82.4 cm³/mol. The highest BCUT2D eigenvalue weighted by Crippen LogP contribution is 2.28. The Morgan fingerprint density at radius 3 is 2.68 bits per heavy atom. The molecule has 2 aromatic carbocycles. The number of nitrogens with one attached hydrogen (secondary N) is 1. The summed E-state index contributed by atoms with van der Waals surface area (Å²) in [5, 5.41) is 12.2. The summed E-state index contributed by atoms with van der Waals surface area (Å²) in [5.41, 5.74) is 10.1. The van der Waals surface area contributed by atoms with Gasteiger partial charge in [0.1, 0.15) is 0 Å². The number of hydrogen-bond donors (Lipinski definition) is 2. The molecule has 0 unspecified atom stereocenters. The van der Waals surface area contributed by atoms with Crippen molar-refractivity contribution in [2.24, 2.45) is 0 Å². The molecule has 96 valence electrons. The van der Waals surface area contributed by atoms with Gasteiger partial charge in [-0.1, -0.05) is 22.9 Å². The van der Waals surface area contributed by atoms with E-state index in [1.165, 1.54) is 5.56 Å². The summed E-state index contributed by atoms with van der Waals surface area (Å²) in [4.78, 5) is 0. The first kappa shape index (κ1) is 13.4. The third-order valence-corrected chi connectivity index (χ3v) is 3.39. The monoisotopic (exact) mass is 315 g/mol. The average Bonchev–Trinajstić information content (AvgIpc) is 2.43. The standard InChI is InChI=1S/C15H14BrN3/c1-2-11-8-12(16)4-6-14(11)19-15-7-10(9-17)3-5-13(15)18/h3-8,19H,2,18H2,1H3. The van der Waals surface area contributed by atoms with Crippen molar-refractivity contribution < 1.29 is 0 Å². The number of anilines is 3. The Bertz CT molecular complexity index is 644. The molecule has 19 heavy (non-hydrogen) atoms. The van der Waals surface area contributed by atoms with E-state index in [0.29, 0.717) is 11.3 Å². The molecule has 4 heteroatoms. The van der Waals surface area contributed by atoms with E-state index in [9.17, 15) is 0 Å². The Balaban J connectivity index is 2.39. The van der Waals surface area contributed by atoms with Crippen molar-refractivity contribution in [3.8, 4) is 6.07 Å². The summed E-state index contributed by atoms with van der Waals surface area (Å²) >= 11 is 3.46. The molecule has 2 rings (SSSR count). The average molecular weight is 316 g/mol. The van der Waals surface area contributed by atoms with Crippen molar-refractivity contribution in [3.05, 3.63) is 52.0 Å². The lowest BCUT2D eigenvalue weighted by molar-refractivity contribution is 1.14. The highest BCUT2D eigenvalue weighted by molar-refractivity contribution is 9.10. The lowest BCUT2D eigenvalue weighted by Crippen LogP contribution is -1.99. The molecule has 0 saturated heterocycles. The second-order valence-electron chi connectivity index (χ2n) is 4.19. The van der Waals surface area contributed by atoms with E-state index in [0.717, 1.165) is 22.3 Å². The summed E-state index contributed by atoms with van der Waals surface area (Å²) < 4.78 is 1.05. The molecule has 0 spiro atoms. The maximum absolute atomic E-state index is 8.93. The molecule has 0 aliphatic heterocycles. The molecular weight excluding hydrogens is 302 g/mol. The second-order valence-corrected chi connectivity index (χ2v) is 5.11. The smallest absolute Gasteiger partial charge is 0.0992 e. The van der Waals surface area contributed by atoms with E-state index in [2.05, 4.69) is 40.3 Å². The molecule has 0 amide bonds. The lowest BCUT2D eigenvalue weighted by atomic mass is 10.1. The maximum Gasteiger partial charge on any atom is 0.0992 e. The number of nitrogens with zero attached hydrogens (tertiary/aromatic N) is 1. The van der Waals surface area contributed by atoms with Crippen molar-refractivity contribution >= 4 is 33.0 Å². The summed E-state index contributed by atoms with van der Waals surface area (Å²) in [6.45, 7) is 2.10. The van der Waals surface area contributed by atoms with Gasteiger partial charge in [-0.25, -0.2) is 0 Å². The number of nitrogens with two attached hydrogens (primary N) is 1. The molecule has 3 nitrogen and oxygen atoms in total. The number of aryl methyl sites for hydroxylation is 1. The molecule has 2 aromatic rings. The van der Waals surface area contributed by atoms with Crippen molar-refractivity contribution in [1.29, 1.82) is 5.26 Å². The van der Waals surface area contributed by atoms with E-state index in [-0.39, 0.29) is 0 Å². The summed E-state index contributed by atoms with van der Waals surface area (Å²) in [7, 11) is 0. The Hall–Kier alpha value is -1.99. The fourth-order valence-electron chi connectivity index (χ4n) is 1.86. The molecule has 0 bridgehead atoms. The number of halogens is 1. The molecule has 0 aliphatic rings. The van der Waals surface area contributed by atoms with Gasteiger partial charge in [0.05, 0.1) is 23.0 Å². The van der Waals surface area contributed by atoms with Crippen LogP contribution in [0.1, 0.15) is 18.1 Å². The van der Waals surface area contributed by atoms with Crippen LogP contribution in [-0.4, -0.2) is 0 Å². The minimum atomic E-state index is 0.590. The zero-order valence-electron chi connectivity index (χ0n) is 10.6. The number of rotatable bonds is 3. The summed E-state index contributed by atoms with van der Waals surface area (Å²) in [5.74, 6) is 0. The molecule has 0 atom stereocenters. The zero-order valence-corrected chi connectivity index (χ0v) is 12.2. The van der Waals surface area contributed by atoms with Crippen LogP contribution in [0.25, 0.3) is 0 Å².